The van der Waals surface area contributed by atoms with Crippen molar-refractivity contribution in [2.45, 2.75) is 71.2 Å². The molecule has 2 unspecified atom stereocenters. The fraction of sp³-hybridized carbons (Fsp3) is 0.433. The normalized spacial score (nSPS) is 19.1. The highest BCUT2D eigenvalue weighted by Gasteiger charge is 2.32. The summed E-state index contributed by atoms with van der Waals surface area (Å²) in [6.07, 6.45) is 2.15. The molecule has 0 spiro atoms. The van der Waals surface area contributed by atoms with Gasteiger partial charge in [0, 0.05) is 36.2 Å². The molecule has 1 saturated carbocycles. The van der Waals surface area contributed by atoms with Gasteiger partial charge in [0.2, 0.25) is 5.88 Å². The van der Waals surface area contributed by atoms with Crippen LogP contribution in [0.2, 0.25) is 0 Å². The van der Waals surface area contributed by atoms with Crippen LogP contribution in [0, 0.1) is 5.92 Å². The van der Waals surface area contributed by atoms with Gasteiger partial charge in [0.25, 0.3) is 5.91 Å². The Bertz CT molecular complexity index is 1490. The molecule has 8 nitrogen and oxygen atoms in total. The zero-order valence-electron chi connectivity index (χ0n) is 23.5. The summed E-state index contributed by atoms with van der Waals surface area (Å²) in [5, 5.41) is 10.6. The molecule has 0 saturated heterocycles. The third-order valence-corrected chi connectivity index (χ3v) is 7.21. The lowest BCUT2D eigenvalue weighted by atomic mass is 9.79. The molecule has 2 heterocycles. The van der Waals surface area contributed by atoms with E-state index >= 15 is 0 Å². The van der Waals surface area contributed by atoms with Crippen LogP contribution in [-0.2, 0) is 4.79 Å². The minimum Gasteiger partial charge on any atom is -0.491 e. The zero-order valence-corrected chi connectivity index (χ0v) is 23.5. The van der Waals surface area contributed by atoms with Crippen LogP contribution in [-0.4, -0.2) is 45.4 Å². The molecule has 1 aromatic carbocycles. The van der Waals surface area contributed by atoms with E-state index in [4.69, 9.17) is 9.47 Å². The number of alkyl halides is 3. The molecular weight excluding hydrogens is 535 g/mol. The van der Waals surface area contributed by atoms with Crippen molar-refractivity contribution in [2.24, 2.45) is 5.92 Å². The molecule has 2 aliphatic carbocycles. The van der Waals surface area contributed by atoms with E-state index in [1.54, 1.807) is 35.0 Å². The summed E-state index contributed by atoms with van der Waals surface area (Å²) < 4.78 is 52.1. The number of carbonyl (C=O) groups is 1. The monoisotopic (exact) mass is 569 g/mol. The van der Waals surface area contributed by atoms with Crippen LogP contribution in [0.5, 0.6) is 17.4 Å². The van der Waals surface area contributed by atoms with Crippen molar-refractivity contribution in [2.75, 3.05) is 11.9 Å². The van der Waals surface area contributed by atoms with Crippen molar-refractivity contribution in [3.8, 4) is 17.4 Å². The third-order valence-electron chi connectivity index (χ3n) is 7.21. The summed E-state index contributed by atoms with van der Waals surface area (Å²) in [6.45, 7) is 7.50. The summed E-state index contributed by atoms with van der Waals surface area (Å²) in [5.41, 5.74) is 3.08. The Hall–Kier alpha value is -4.02. The van der Waals surface area contributed by atoms with E-state index in [-0.39, 0.29) is 42.3 Å². The largest absolute Gasteiger partial charge is 0.491 e. The van der Waals surface area contributed by atoms with Gasteiger partial charge in [-0.05, 0) is 51.7 Å². The molecule has 0 aliphatic heterocycles. The smallest absolute Gasteiger partial charge is 0.390 e. The number of benzene rings is 1. The van der Waals surface area contributed by atoms with Gasteiger partial charge < -0.3 is 20.1 Å². The Morgan fingerprint density at radius 1 is 1.20 bits per heavy atom. The highest BCUT2D eigenvalue weighted by atomic mass is 19.4. The first kappa shape index (κ1) is 28.5. The summed E-state index contributed by atoms with van der Waals surface area (Å²) in [4.78, 5) is 17.3. The fourth-order valence-corrected chi connectivity index (χ4v) is 4.83. The number of imidazole rings is 1. The molecule has 3 aromatic rings. The van der Waals surface area contributed by atoms with E-state index in [1.807, 2.05) is 45.9 Å². The summed E-state index contributed by atoms with van der Waals surface area (Å²) in [6, 6.07) is 8.88. The number of aromatic nitrogens is 3. The molecule has 0 bridgehead atoms. The third kappa shape index (κ3) is 6.83. The molecule has 2 atom stereocenters. The average Bonchev–Trinajstić information content (AvgIpc) is 3.60. The number of hydrogen-bond acceptors (Lipinski definition) is 6. The molecule has 5 rings (SSSR count). The summed E-state index contributed by atoms with van der Waals surface area (Å²) in [5.74, 6) is 0.980. The Morgan fingerprint density at radius 2 is 1.95 bits per heavy atom. The van der Waals surface area contributed by atoms with E-state index in [9.17, 15) is 18.0 Å². The first-order valence-corrected chi connectivity index (χ1v) is 13.8. The molecule has 1 amide bonds. The topological polar surface area (TPSA) is 89.8 Å². The molecule has 41 heavy (non-hydrogen) atoms. The van der Waals surface area contributed by atoms with Gasteiger partial charge in [-0.3, -0.25) is 4.79 Å². The number of amides is 1. The lowest BCUT2D eigenvalue weighted by Crippen LogP contribution is -2.29. The molecular formula is C30H34F3N5O3. The highest BCUT2D eigenvalue weighted by Crippen LogP contribution is 2.38. The van der Waals surface area contributed by atoms with Crippen molar-refractivity contribution in [1.29, 1.82) is 0 Å². The molecule has 1 fully saturated rings. The van der Waals surface area contributed by atoms with Crippen LogP contribution in [0.15, 0.2) is 59.8 Å². The number of anilines is 1. The number of halogens is 3. The first-order valence-electron chi connectivity index (χ1n) is 13.8. The number of ether oxygens (including phenoxy) is 2. The van der Waals surface area contributed by atoms with Crippen LogP contribution < -0.4 is 20.1 Å². The number of nitrogens with zero attached hydrogens (tertiary/aromatic N) is 3. The SMILES string of the molecule is CC1=C(C(=O)NC2CC2)C=CC(c2cnc3c(NCCC(F)(F)F)cc(Oc4cccc(OC(C)C)c4)nn23)C1C. The Kier molecular flexibility index (Phi) is 7.97. The highest BCUT2D eigenvalue weighted by molar-refractivity contribution is 5.97. The van der Waals surface area contributed by atoms with Gasteiger partial charge >= 0.3 is 6.18 Å². The Balaban J connectivity index is 1.47. The van der Waals surface area contributed by atoms with Crippen molar-refractivity contribution < 1.29 is 27.4 Å². The van der Waals surface area contributed by atoms with Crippen molar-refractivity contribution >= 4 is 17.2 Å². The van der Waals surface area contributed by atoms with Crippen molar-refractivity contribution in [1.82, 2.24) is 19.9 Å². The molecule has 2 N–H and O–H groups in total. The van der Waals surface area contributed by atoms with Gasteiger partial charge in [-0.25, -0.2) is 9.50 Å². The zero-order chi connectivity index (χ0) is 29.3. The van der Waals surface area contributed by atoms with Crippen LogP contribution in [0.25, 0.3) is 5.65 Å². The number of allylic oxidation sites excluding steroid dienone is 2. The van der Waals surface area contributed by atoms with E-state index in [0.29, 0.717) is 28.4 Å². The van der Waals surface area contributed by atoms with Crippen molar-refractivity contribution in [3.05, 3.63) is 65.5 Å². The minimum atomic E-state index is -4.30. The predicted octanol–water partition coefficient (Wildman–Crippen LogP) is 6.56. The van der Waals surface area contributed by atoms with Gasteiger partial charge in [0.1, 0.15) is 11.5 Å². The van der Waals surface area contributed by atoms with Crippen molar-refractivity contribution in [3.63, 3.8) is 0 Å². The van der Waals surface area contributed by atoms with Gasteiger partial charge in [-0.15, -0.1) is 5.10 Å². The fourth-order valence-electron chi connectivity index (χ4n) is 4.83. The maximum absolute atomic E-state index is 12.9. The second kappa shape index (κ2) is 11.5. The van der Waals surface area contributed by atoms with Crippen LogP contribution >= 0.6 is 0 Å². The molecule has 218 valence electrons. The quantitative estimate of drug-likeness (QED) is 0.288. The molecule has 2 aliphatic rings. The lowest BCUT2D eigenvalue weighted by molar-refractivity contribution is -0.131. The number of rotatable bonds is 10. The number of fused-ring (bicyclic) bond motifs is 1. The number of carbonyl (C=O) groups excluding carboxylic acids is 1. The van der Waals surface area contributed by atoms with Gasteiger partial charge in [0.15, 0.2) is 5.65 Å². The molecule has 0 radical (unpaired) electrons. The van der Waals surface area contributed by atoms with Gasteiger partial charge in [-0.1, -0.05) is 30.7 Å². The Morgan fingerprint density at radius 3 is 2.66 bits per heavy atom. The molecule has 11 heteroatoms. The Labute approximate surface area is 236 Å². The summed E-state index contributed by atoms with van der Waals surface area (Å²) >= 11 is 0. The second-order valence-electron chi connectivity index (χ2n) is 10.9. The first-order chi connectivity index (χ1) is 19.5. The van der Waals surface area contributed by atoms with Gasteiger partial charge in [-0.2, -0.15) is 13.2 Å². The second-order valence-corrected chi connectivity index (χ2v) is 10.9. The standard InChI is InChI=1S/C30H34F3N5O3/c1-17(2)40-21-6-5-7-22(14-21)41-27-15-25(34-13-12-30(31,32)33)28-35-16-26(38(28)37-27)23-10-11-24(19(4)18(23)3)29(39)36-20-8-9-20/h5-7,10-11,14-18,20,23,34H,8-9,12-13H2,1-4H3,(H,36,39). The van der Waals surface area contributed by atoms with Crippen LogP contribution in [0.3, 0.4) is 0 Å². The number of hydrogen-bond donors (Lipinski definition) is 2. The van der Waals surface area contributed by atoms with Gasteiger partial charge in [0.05, 0.1) is 30.1 Å². The maximum Gasteiger partial charge on any atom is 0.390 e. The maximum atomic E-state index is 12.9. The van der Waals surface area contributed by atoms with E-state index in [2.05, 4.69) is 20.7 Å². The van der Waals surface area contributed by atoms with Crippen LogP contribution in [0.1, 0.15) is 58.6 Å². The van der Waals surface area contributed by atoms with E-state index < -0.39 is 12.6 Å². The van der Waals surface area contributed by atoms with E-state index in [0.717, 1.165) is 24.1 Å². The summed E-state index contributed by atoms with van der Waals surface area (Å²) in [7, 11) is 0. The van der Waals surface area contributed by atoms with E-state index in [1.165, 1.54) is 0 Å². The number of nitrogens with one attached hydrogen (secondary N) is 2. The predicted molar refractivity (Wildman–Crippen MR) is 149 cm³/mol. The lowest BCUT2D eigenvalue weighted by Gasteiger charge is -2.27. The molecule has 2 aromatic heterocycles. The average molecular weight is 570 g/mol. The van der Waals surface area contributed by atoms with Crippen LogP contribution in [0.4, 0.5) is 18.9 Å². The minimum absolute atomic E-state index is 0.0268.